The monoisotopic (exact) mass is 603 g/mol. The fourth-order valence-corrected chi connectivity index (χ4v) is 5.63. The molecular formula is C34H30FN7O3. The number of ether oxygens (including phenoxy) is 1. The molecule has 1 aliphatic rings. The second-order valence-electron chi connectivity index (χ2n) is 10.8. The van der Waals surface area contributed by atoms with Gasteiger partial charge in [0, 0.05) is 57.2 Å². The van der Waals surface area contributed by atoms with Crippen molar-refractivity contribution >= 4 is 22.5 Å². The molecule has 0 saturated carbocycles. The number of rotatable bonds is 11. The van der Waals surface area contributed by atoms with Gasteiger partial charge in [0.05, 0.1) is 23.7 Å². The van der Waals surface area contributed by atoms with Crippen molar-refractivity contribution in [3.05, 3.63) is 120 Å². The maximum Gasteiger partial charge on any atom is 0.256 e. The van der Waals surface area contributed by atoms with Crippen LogP contribution in [0.4, 0.5) is 10.1 Å². The summed E-state index contributed by atoms with van der Waals surface area (Å²) in [6.45, 7) is 2.19. The molecule has 0 unspecified atom stereocenters. The Kier molecular flexibility index (Phi) is 7.56. The van der Waals surface area contributed by atoms with Gasteiger partial charge in [0.2, 0.25) is 5.43 Å². The number of nitrogens with one attached hydrogen (secondary N) is 2. The van der Waals surface area contributed by atoms with E-state index in [0.29, 0.717) is 56.0 Å². The molecule has 3 aromatic heterocycles. The summed E-state index contributed by atoms with van der Waals surface area (Å²) in [7, 11) is 0. The average Bonchev–Trinajstić information content (AvgIpc) is 3.79. The number of imidazole rings is 2. The van der Waals surface area contributed by atoms with Crippen LogP contribution in [-0.4, -0.2) is 42.7 Å². The molecule has 10 nitrogen and oxygen atoms in total. The number of carbonyl (C=O) groups is 1. The van der Waals surface area contributed by atoms with E-state index in [4.69, 9.17) is 4.74 Å². The van der Waals surface area contributed by atoms with Gasteiger partial charge in [-0.3, -0.25) is 9.59 Å². The van der Waals surface area contributed by atoms with Crippen molar-refractivity contribution in [2.24, 2.45) is 0 Å². The molecule has 0 atom stereocenters. The summed E-state index contributed by atoms with van der Waals surface area (Å²) >= 11 is 0. The molecule has 3 aromatic carbocycles. The third-order valence-electron chi connectivity index (χ3n) is 7.87. The van der Waals surface area contributed by atoms with Crippen LogP contribution in [0.3, 0.4) is 0 Å². The lowest BCUT2D eigenvalue weighted by atomic mass is 10.0. The van der Waals surface area contributed by atoms with Crippen LogP contribution < -0.4 is 20.8 Å². The van der Waals surface area contributed by atoms with Crippen molar-refractivity contribution in [1.82, 2.24) is 29.0 Å². The highest BCUT2D eigenvalue weighted by molar-refractivity contribution is 6.01. The van der Waals surface area contributed by atoms with Crippen LogP contribution >= 0.6 is 0 Å². The molecular weight excluding hydrogens is 573 g/mol. The fourth-order valence-electron chi connectivity index (χ4n) is 5.63. The van der Waals surface area contributed by atoms with Gasteiger partial charge in [0.1, 0.15) is 16.8 Å². The van der Waals surface area contributed by atoms with Gasteiger partial charge >= 0.3 is 0 Å². The quantitative estimate of drug-likeness (QED) is 0.186. The summed E-state index contributed by atoms with van der Waals surface area (Å²) in [5.74, 6) is -0.471. The topological polar surface area (TPSA) is 108 Å². The number of halogens is 1. The van der Waals surface area contributed by atoms with Crippen molar-refractivity contribution in [2.45, 2.75) is 25.9 Å². The Hall–Kier alpha value is -5.71. The molecule has 7 rings (SSSR count). The van der Waals surface area contributed by atoms with Crippen molar-refractivity contribution in [1.29, 1.82) is 0 Å². The summed E-state index contributed by atoms with van der Waals surface area (Å²) in [5, 5.41) is 6.10. The molecule has 45 heavy (non-hydrogen) atoms. The number of carbonyl (C=O) groups excluding carboxylic acids is 1. The Morgan fingerprint density at radius 2 is 1.62 bits per heavy atom. The summed E-state index contributed by atoms with van der Waals surface area (Å²) < 4.78 is 27.7. The van der Waals surface area contributed by atoms with Gasteiger partial charge in [-0.25, -0.2) is 14.4 Å². The third kappa shape index (κ3) is 5.55. The summed E-state index contributed by atoms with van der Waals surface area (Å²) in [6, 6.07) is 16.8. The molecule has 0 fully saturated rings. The smallest absolute Gasteiger partial charge is 0.256 e. The van der Waals surface area contributed by atoms with Gasteiger partial charge in [0.15, 0.2) is 17.3 Å². The predicted octanol–water partition coefficient (Wildman–Crippen LogP) is 5.62. The molecule has 0 aliphatic carbocycles. The Labute approximate surface area is 257 Å². The molecule has 6 aromatic rings. The van der Waals surface area contributed by atoms with Crippen LogP contribution in [0.2, 0.25) is 0 Å². The van der Waals surface area contributed by atoms with Crippen molar-refractivity contribution < 1.29 is 13.9 Å². The zero-order valence-electron chi connectivity index (χ0n) is 24.3. The molecule has 1 amide bonds. The number of nitrogens with zero attached hydrogens (tertiary/aromatic N) is 5. The molecule has 2 N–H and O–H groups in total. The van der Waals surface area contributed by atoms with Crippen molar-refractivity contribution in [3.63, 3.8) is 0 Å². The zero-order chi connectivity index (χ0) is 30.8. The average molecular weight is 604 g/mol. The first-order valence-corrected chi connectivity index (χ1v) is 14.8. The van der Waals surface area contributed by atoms with E-state index < -0.39 is 17.2 Å². The van der Waals surface area contributed by atoms with Crippen LogP contribution in [0.5, 0.6) is 11.5 Å². The number of hydrogen-bond donors (Lipinski definition) is 2. The predicted molar refractivity (Wildman–Crippen MR) is 170 cm³/mol. The molecule has 226 valence electrons. The first-order chi connectivity index (χ1) is 22.1. The van der Waals surface area contributed by atoms with Crippen LogP contribution in [0.1, 0.15) is 23.2 Å². The van der Waals surface area contributed by atoms with Crippen LogP contribution in [0.25, 0.3) is 27.7 Å². The number of hydrogen-bond acceptors (Lipinski definition) is 6. The molecule has 11 heteroatoms. The van der Waals surface area contributed by atoms with E-state index in [1.54, 1.807) is 29.6 Å². The molecule has 0 radical (unpaired) electrons. The van der Waals surface area contributed by atoms with E-state index in [1.807, 2.05) is 70.1 Å². The van der Waals surface area contributed by atoms with E-state index in [2.05, 4.69) is 20.6 Å². The van der Waals surface area contributed by atoms with Crippen LogP contribution in [-0.2, 0) is 13.1 Å². The number of anilines is 1. The first kappa shape index (κ1) is 28.1. The van der Waals surface area contributed by atoms with E-state index in [0.717, 1.165) is 11.1 Å². The third-order valence-corrected chi connectivity index (χ3v) is 7.87. The Balaban J connectivity index is 1.27. The normalized spacial score (nSPS) is 11.7. The number of aromatic nitrogens is 5. The number of aryl methyl sites for hydroxylation is 2. The van der Waals surface area contributed by atoms with E-state index >= 15 is 4.39 Å². The lowest BCUT2D eigenvalue weighted by Gasteiger charge is -2.27. The molecule has 0 bridgehead atoms. The van der Waals surface area contributed by atoms with Crippen molar-refractivity contribution in [2.75, 3.05) is 18.4 Å². The highest BCUT2D eigenvalue weighted by atomic mass is 19.1. The lowest BCUT2D eigenvalue weighted by molar-refractivity contribution is 0.0951. The maximum atomic E-state index is 15.8. The molecule has 4 heterocycles. The second kappa shape index (κ2) is 12.1. The largest absolute Gasteiger partial charge is 0.451 e. The van der Waals surface area contributed by atoms with Gasteiger partial charge < -0.3 is 29.1 Å². The van der Waals surface area contributed by atoms with Crippen LogP contribution in [0.15, 0.2) is 103 Å². The standard InChI is InChI=1S/C34H30FN7O3/c35-27-19-25-31-33(30(27)38-10-4-14-40-16-12-36-21-40)45-29-9-8-24(23-6-2-1-3-7-23)18-28(29)42(31)20-26(32(25)43)34(44)39-11-5-15-41-17-13-37-22-41/h1-3,6-9,12-13,16-22,38H,4-5,10-11,14-15H2,(H,39,44). The maximum absolute atomic E-state index is 15.8. The molecule has 0 spiro atoms. The highest BCUT2D eigenvalue weighted by Gasteiger charge is 2.28. The first-order valence-electron chi connectivity index (χ1n) is 14.8. The minimum atomic E-state index is -0.633. The molecule has 1 aliphatic heterocycles. The lowest BCUT2D eigenvalue weighted by Crippen LogP contribution is -2.31. The second-order valence-corrected chi connectivity index (χ2v) is 10.8. The van der Waals surface area contributed by atoms with Crippen LogP contribution in [0, 0.1) is 5.82 Å². The van der Waals surface area contributed by atoms with Gasteiger partial charge in [-0.15, -0.1) is 0 Å². The Morgan fingerprint density at radius 3 is 2.33 bits per heavy atom. The molecule has 0 saturated heterocycles. The zero-order valence-corrected chi connectivity index (χ0v) is 24.3. The van der Waals surface area contributed by atoms with E-state index in [9.17, 15) is 9.59 Å². The van der Waals surface area contributed by atoms with Gasteiger partial charge in [-0.05, 0) is 42.2 Å². The summed E-state index contributed by atoms with van der Waals surface area (Å²) in [4.78, 5) is 35.2. The minimum absolute atomic E-state index is 0.0632. The SMILES string of the molecule is O=C(NCCCn1ccnc1)c1cn2c3c(c(NCCCn4ccnc4)c(F)cc3c1=O)Oc1ccc(-c3ccccc3)cc1-2. The Morgan fingerprint density at radius 1 is 0.889 bits per heavy atom. The number of pyridine rings is 1. The van der Waals surface area contributed by atoms with Gasteiger partial charge in [-0.1, -0.05) is 36.4 Å². The number of benzene rings is 3. The number of fused-ring (bicyclic) bond motifs is 2. The van der Waals surface area contributed by atoms with Gasteiger partial charge in [0.25, 0.3) is 5.91 Å². The summed E-state index contributed by atoms with van der Waals surface area (Å²) in [6.07, 6.45) is 13.5. The van der Waals surface area contributed by atoms with E-state index in [-0.39, 0.29) is 22.4 Å². The summed E-state index contributed by atoms with van der Waals surface area (Å²) in [5.41, 5.74) is 2.49. The highest BCUT2D eigenvalue weighted by Crippen LogP contribution is 2.46. The fraction of sp³-hybridized carbons (Fsp3) is 0.176. The number of amides is 1. The van der Waals surface area contributed by atoms with Crippen molar-refractivity contribution in [3.8, 4) is 28.3 Å². The van der Waals surface area contributed by atoms with Gasteiger partial charge in [-0.2, -0.15) is 0 Å². The van der Waals surface area contributed by atoms with E-state index in [1.165, 1.54) is 12.3 Å². The Bertz CT molecular complexity index is 2040. The minimum Gasteiger partial charge on any atom is -0.451 e.